The van der Waals surface area contributed by atoms with Gasteiger partial charge in [-0.1, -0.05) is 19.9 Å². The van der Waals surface area contributed by atoms with Crippen molar-refractivity contribution in [2.24, 2.45) is 11.7 Å². The molecule has 1 aromatic rings. The first-order valence-corrected chi connectivity index (χ1v) is 7.60. The zero-order chi connectivity index (χ0) is 19.2. The van der Waals surface area contributed by atoms with Crippen molar-refractivity contribution in [3.63, 3.8) is 0 Å². The minimum atomic E-state index is -4.58. The number of methoxy groups -OCH3 is 1. The number of hydrogen-bond acceptors (Lipinski definition) is 4. The van der Waals surface area contributed by atoms with E-state index >= 15 is 0 Å². The van der Waals surface area contributed by atoms with Crippen LogP contribution in [0.4, 0.5) is 13.2 Å². The van der Waals surface area contributed by atoms with Gasteiger partial charge in [0.25, 0.3) is 0 Å². The predicted molar refractivity (Wildman–Crippen MR) is 92.9 cm³/mol. The second-order valence-electron chi connectivity index (χ2n) is 5.79. The number of halogens is 4. The lowest BCUT2D eigenvalue weighted by atomic mass is 10.1. The van der Waals surface area contributed by atoms with Crippen molar-refractivity contribution in [2.75, 3.05) is 13.7 Å². The van der Waals surface area contributed by atoms with Gasteiger partial charge in [-0.3, -0.25) is 9.59 Å². The quantitative estimate of drug-likeness (QED) is 0.654. The summed E-state index contributed by atoms with van der Waals surface area (Å²) >= 11 is 0. The summed E-state index contributed by atoms with van der Waals surface area (Å²) in [5.74, 6) is -1.15. The molecule has 10 heteroatoms. The van der Waals surface area contributed by atoms with E-state index in [1.54, 1.807) is 13.8 Å². The molecule has 0 saturated carbocycles. The molecule has 0 unspecified atom stereocenters. The molecule has 0 fully saturated rings. The molecule has 0 aromatic heterocycles. The summed E-state index contributed by atoms with van der Waals surface area (Å²) in [5.41, 5.74) is 4.63. The van der Waals surface area contributed by atoms with E-state index in [0.717, 1.165) is 6.07 Å². The van der Waals surface area contributed by atoms with Gasteiger partial charge in [0.2, 0.25) is 11.8 Å². The molecule has 0 aliphatic rings. The normalized spacial score (nSPS) is 12.2. The molecule has 26 heavy (non-hydrogen) atoms. The van der Waals surface area contributed by atoms with Crippen LogP contribution in [0.3, 0.4) is 0 Å². The average Bonchev–Trinajstić information content (AvgIpc) is 2.55. The van der Waals surface area contributed by atoms with Gasteiger partial charge in [-0.25, -0.2) is 0 Å². The maximum absolute atomic E-state index is 13.1. The molecule has 1 rings (SSSR count). The third kappa shape index (κ3) is 7.09. The summed E-state index contributed by atoms with van der Waals surface area (Å²) in [4.78, 5) is 23.4. The third-order valence-corrected chi connectivity index (χ3v) is 3.54. The van der Waals surface area contributed by atoms with Crippen molar-refractivity contribution in [1.29, 1.82) is 0 Å². The molecule has 148 valence electrons. The van der Waals surface area contributed by atoms with Gasteiger partial charge in [-0.05, 0) is 23.6 Å². The highest BCUT2D eigenvalue weighted by Gasteiger charge is 2.33. The number of alkyl halides is 3. The summed E-state index contributed by atoms with van der Waals surface area (Å²) in [6, 6.07) is 2.71. The van der Waals surface area contributed by atoms with E-state index in [1.165, 1.54) is 19.2 Å². The number of nitrogens with two attached hydrogens (primary N) is 1. The number of hydrogen-bond donors (Lipinski definition) is 3. The van der Waals surface area contributed by atoms with E-state index in [0.29, 0.717) is 0 Å². The van der Waals surface area contributed by atoms with Crippen molar-refractivity contribution in [2.45, 2.75) is 32.6 Å². The highest BCUT2D eigenvalue weighted by Crippen LogP contribution is 2.34. The van der Waals surface area contributed by atoms with Gasteiger partial charge in [0.1, 0.15) is 5.75 Å². The standard InChI is InChI=1S/C16H22F3N3O3.ClH/c1-9(2)14(20)15(24)22-8-13(23)21-7-10-4-5-11(25-3)6-12(10)16(17,18)19;/h4-6,9,14H,7-8,20H2,1-3H3,(H,21,23)(H,22,24);1H/t14-;/m0./s1. The first-order chi connectivity index (χ1) is 11.6. The van der Waals surface area contributed by atoms with Crippen molar-refractivity contribution in [1.82, 2.24) is 10.6 Å². The van der Waals surface area contributed by atoms with Crippen molar-refractivity contribution >= 4 is 24.2 Å². The fourth-order valence-electron chi connectivity index (χ4n) is 1.94. The molecule has 1 atom stereocenters. The first-order valence-electron chi connectivity index (χ1n) is 7.60. The van der Waals surface area contributed by atoms with Gasteiger partial charge in [0, 0.05) is 6.54 Å². The van der Waals surface area contributed by atoms with Gasteiger partial charge in [0.05, 0.1) is 25.3 Å². The van der Waals surface area contributed by atoms with Gasteiger partial charge >= 0.3 is 6.18 Å². The number of carbonyl (C=O) groups excluding carboxylic acids is 2. The number of ether oxygens (including phenoxy) is 1. The number of rotatable bonds is 7. The molecule has 0 radical (unpaired) electrons. The van der Waals surface area contributed by atoms with E-state index in [4.69, 9.17) is 10.5 Å². The molecular weight excluding hydrogens is 375 g/mol. The Morgan fingerprint density at radius 2 is 1.85 bits per heavy atom. The maximum Gasteiger partial charge on any atom is 0.416 e. The van der Waals surface area contributed by atoms with Crippen LogP contribution in [0.2, 0.25) is 0 Å². The largest absolute Gasteiger partial charge is 0.497 e. The van der Waals surface area contributed by atoms with Crippen LogP contribution < -0.4 is 21.1 Å². The molecule has 0 heterocycles. The topological polar surface area (TPSA) is 93.5 Å². The van der Waals surface area contributed by atoms with E-state index in [-0.39, 0.29) is 42.7 Å². The fourth-order valence-corrected chi connectivity index (χ4v) is 1.94. The smallest absolute Gasteiger partial charge is 0.416 e. The Morgan fingerprint density at radius 1 is 1.23 bits per heavy atom. The number of carbonyl (C=O) groups is 2. The zero-order valence-electron chi connectivity index (χ0n) is 14.6. The molecule has 2 amide bonds. The molecule has 0 saturated heterocycles. The Hall–Kier alpha value is -2.00. The zero-order valence-corrected chi connectivity index (χ0v) is 15.5. The monoisotopic (exact) mass is 397 g/mol. The molecule has 6 nitrogen and oxygen atoms in total. The van der Waals surface area contributed by atoms with Crippen molar-refractivity contribution in [3.05, 3.63) is 29.3 Å². The summed E-state index contributed by atoms with van der Waals surface area (Å²) in [7, 11) is 1.27. The summed E-state index contributed by atoms with van der Waals surface area (Å²) in [5, 5.41) is 4.68. The number of benzene rings is 1. The highest BCUT2D eigenvalue weighted by atomic mass is 35.5. The Bertz CT molecular complexity index is 624. The highest BCUT2D eigenvalue weighted by molar-refractivity contribution is 5.87. The van der Waals surface area contributed by atoms with Crippen LogP contribution in [0.1, 0.15) is 25.0 Å². The van der Waals surface area contributed by atoms with Crippen molar-refractivity contribution in [3.8, 4) is 5.75 Å². The summed E-state index contributed by atoms with van der Waals surface area (Å²) in [6.45, 7) is 2.82. The molecule has 0 aliphatic carbocycles. The van der Waals surface area contributed by atoms with Gasteiger partial charge in [0.15, 0.2) is 0 Å². The van der Waals surface area contributed by atoms with Crippen LogP contribution in [-0.4, -0.2) is 31.5 Å². The van der Waals surface area contributed by atoms with Crippen LogP contribution in [-0.2, 0) is 22.3 Å². The first kappa shape index (κ1) is 24.0. The minimum Gasteiger partial charge on any atom is -0.497 e. The van der Waals surface area contributed by atoms with Crippen LogP contribution in [0.15, 0.2) is 18.2 Å². The summed E-state index contributed by atoms with van der Waals surface area (Å²) in [6.07, 6.45) is -4.58. The van der Waals surface area contributed by atoms with Crippen LogP contribution in [0.5, 0.6) is 5.75 Å². The summed E-state index contributed by atoms with van der Waals surface area (Å²) < 4.78 is 44.0. The van der Waals surface area contributed by atoms with Gasteiger partial charge in [-0.2, -0.15) is 13.2 Å². The van der Waals surface area contributed by atoms with E-state index < -0.39 is 29.6 Å². The molecule has 0 bridgehead atoms. The molecule has 4 N–H and O–H groups in total. The molecular formula is C16H23ClF3N3O3. The lowest BCUT2D eigenvalue weighted by molar-refractivity contribution is -0.138. The number of amides is 2. The van der Waals surface area contributed by atoms with E-state index in [2.05, 4.69) is 10.6 Å². The second-order valence-corrected chi connectivity index (χ2v) is 5.79. The van der Waals surface area contributed by atoms with Gasteiger partial charge in [-0.15, -0.1) is 12.4 Å². The lowest BCUT2D eigenvalue weighted by Crippen LogP contribution is -2.47. The maximum atomic E-state index is 13.1. The predicted octanol–water partition coefficient (Wildman–Crippen LogP) is 1.85. The van der Waals surface area contributed by atoms with E-state index in [1.807, 2.05) is 0 Å². The molecule has 0 aliphatic heterocycles. The molecule has 1 aromatic carbocycles. The lowest BCUT2D eigenvalue weighted by Gasteiger charge is -2.16. The van der Waals surface area contributed by atoms with Crippen LogP contribution >= 0.6 is 12.4 Å². The van der Waals surface area contributed by atoms with Crippen molar-refractivity contribution < 1.29 is 27.5 Å². The Morgan fingerprint density at radius 3 is 2.35 bits per heavy atom. The van der Waals surface area contributed by atoms with E-state index in [9.17, 15) is 22.8 Å². The Kier molecular flexibility index (Phi) is 9.44. The van der Waals surface area contributed by atoms with Gasteiger partial charge < -0.3 is 21.1 Å². The molecule has 0 spiro atoms. The number of nitrogens with one attached hydrogen (secondary N) is 2. The average molecular weight is 398 g/mol. The fraction of sp³-hybridized carbons (Fsp3) is 0.500. The third-order valence-electron chi connectivity index (χ3n) is 3.54. The minimum absolute atomic E-state index is 0. The Labute approximate surface area is 156 Å². The SMILES string of the molecule is COc1ccc(CNC(=O)CNC(=O)[C@@H](N)C(C)C)c(C(F)(F)F)c1.Cl. The second kappa shape index (κ2) is 10.2. The Balaban J connectivity index is 0.00000625. The van der Waals surface area contributed by atoms with Crippen LogP contribution in [0, 0.1) is 5.92 Å². The van der Waals surface area contributed by atoms with Crippen LogP contribution in [0.25, 0.3) is 0 Å².